The standard InChI is InChI=1S/C20H22N4O5S/c25-16(13-5-3-12-29-13)22-15-7-6-14(30-15)17(26)21-10-4-11-24-18(27)20(23-19(24)28)8-1-2-9-20/h3,5-7,12H,1-2,4,8-11H2,(H,21,26)(H,22,25)(H,23,28). The fourth-order valence-electron chi connectivity index (χ4n) is 3.83. The van der Waals surface area contributed by atoms with Gasteiger partial charge in [-0.1, -0.05) is 12.8 Å². The Kier molecular flexibility index (Phi) is 5.58. The number of hydrogen-bond acceptors (Lipinski definition) is 6. The molecule has 0 bridgehead atoms. The predicted octanol–water partition coefficient (Wildman–Crippen LogP) is 2.58. The second-order valence-corrected chi connectivity index (χ2v) is 8.46. The van der Waals surface area contributed by atoms with E-state index in [2.05, 4.69) is 16.0 Å². The number of hydrogen-bond donors (Lipinski definition) is 3. The van der Waals surface area contributed by atoms with Crippen molar-refractivity contribution in [3.8, 4) is 0 Å². The Morgan fingerprint density at radius 2 is 1.97 bits per heavy atom. The van der Waals surface area contributed by atoms with Gasteiger partial charge >= 0.3 is 6.03 Å². The Morgan fingerprint density at radius 3 is 2.70 bits per heavy atom. The van der Waals surface area contributed by atoms with E-state index < -0.39 is 5.54 Å². The minimum absolute atomic E-state index is 0.147. The van der Waals surface area contributed by atoms with Crippen molar-refractivity contribution in [2.24, 2.45) is 0 Å². The first-order chi connectivity index (χ1) is 14.5. The van der Waals surface area contributed by atoms with Gasteiger partial charge in [0.2, 0.25) is 0 Å². The molecule has 30 heavy (non-hydrogen) atoms. The number of furan rings is 1. The van der Waals surface area contributed by atoms with Crippen LogP contribution in [0.2, 0.25) is 0 Å². The minimum Gasteiger partial charge on any atom is -0.459 e. The van der Waals surface area contributed by atoms with Crippen molar-refractivity contribution in [2.45, 2.75) is 37.6 Å². The molecule has 0 atom stereocenters. The molecule has 1 saturated heterocycles. The number of imide groups is 1. The summed E-state index contributed by atoms with van der Waals surface area (Å²) >= 11 is 1.15. The predicted molar refractivity (Wildman–Crippen MR) is 109 cm³/mol. The van der Waals surface area contributed by atoms with Crippen molar-refractivity contribution in [1.82, 2.24) is 15.5 Å². The molecular weight excluding hydrogens is 408 g/mol. The third kappa shape index (κ3) is 3.95. The first-order valence-electron chi connectivity index (χ1n) is 9.85. The molecule has 2 aromatic rings. The smallest absolute Gasteiger partial charge is 0.325 e. The van der Waals surface area contributed by atoms with Gasteiger partial charge in [-0.25, -0.2) is 4.79 Å². The molecule has 0 radical (unpaired) electrons. The second kappa shape index (κ2) is 8.31. The van der Waals surface area contributed by atoms with Gasteiger partial charge in [-0.15, -0.1) is 11.3 Å². The number of urea groups is 1. The van der Waals surface area contributed by atoms with Crippen molar-refractivity contribution in [2.75, 3.05) is 18.4 Å². The van der Waals surface area contributed by atoms with Crippen LogP contribution in [0.15, 0.2) is 34.9 Å². The number of anilines is 1. The molecule has 0 unspecified atom stereocenters. The number of carbonyl (C=O) groups excluding carboxylic acids is 4. The second-order valence-electron chi connectivity index (χ2n) is 7.38. The summed E-state index contributed by atoms with van der Waals surface area (Å²) in [5, 5.41) is 8.83. The topological polar surface area (TPSA) is 121 Å². The molecular formula is C20H22N4O5S. The van der Waals surface area contributed by atoms with Crippen molar-refractivity contribution in [3.63, 3.8) is 0 Å². The van der Waals surface area contributed by atoms with E-state index in [1.165, 1.54) is 11.2 Å². The lowest BCUT2D eigenvalue weighted by atomic mass is 9.98. The third-order valence-corrected chi connectivity index (χ3v) is 6.36. The van der Waals surface area contributed by atoms with Gasteiger partial charge < -0.3 is 20.4 Å². The summed E-state index contributed by atoms with van der Waals surface area (Å²) in [5.41, 5.74) is -0.701. The monoisotopic (exact) mass is 430 g/mol. The maximum atomic E-state index is 12.6. The lowest BCUT2D eigenvalue weighted by Gasteiger charge is -2.20. The number of thiophene rings is 1. The summed E-state index contributed by atoms with van der Waals surface area (Å²) < 4.78 is 5.03. The molecule has 10 heteroatoms. The van der Waals surface area contributed by atoms with Crippen molar-refractivity contribution in [3.05, 3.63) is 41.2 Å². The van der Waals surface area contributed by atoms with E-state index in [1.807, 2.05) is 0 Å². The van der Waals surface area contributed by atoms with Crippen LogP contribution in [0.1, 0.15) is 52.3 Å². The number of nitrogens with zero attached hydrogens (tertiary/aromatic N) is 1. The Bertz CT molecular complexity index is 962. The van der Waals surface area contributed by atoms with Crippen LogP contribution in [0, 0.1) is 0 Å². The zero-order chi connectivity index (χ0) is 21.1. The first-order valence-corrected chi connectivity index (χ1v) is 10.7. The molecule has 0 aromatic carbocycles. The van der Waals surface area contributed by atoms with Crippen LogP contribution < -0.4 is 16.0 Å². The molecule has 2 aromatic heterocycles. The SMILES string of the molecule is O=C(Nc1ccc(C(=O)NCCCN2C(=O)NC3(CCCC3)C2=O)s1)c1ccco1. The van der Waals surface area contributed by atoms with Crippen LogP contribution in [0.5, 0.6) is 0 Å². The first kappa shape index (κ1) is 20.1. The molecule has 1 spiro atoms. The lowest BCUT2D eigenvalue weighted by molar-refractivity contribution is -0.131. The molecule has 2 fully saturated rings. The molecule has 4 rings (SSSR count). The van der Waals surface area contributed by atoms with Crippen molar-refractivity contribution in [1.29, 1.82) is 0 Å². The largest absolute Gasteiger partial charge is 0.459 e. The third-order valence-electron chi connectivity index (χ3n) is 5.36. The van der Waals surface area contributed by atoms with Crippen LogP contribution in [0.3, 0.4) is 0 Å². The van der Waals surface area contributed by atoms with E-state index in [4.69, 9.17) is 4.42 Å². The van der Waals surface area contributed by atoms with Crippen LogP contribution in [-0.2, 0) is 4.79 Å². The molecule has 9 nitrogen and oxygen atoms in total. The van der Waals surface area contributed by atoms with Crippen LogP contribution >= 0.6 is 11.3 Å². The molecule has 2 aliphatic rings. The van der Waals surface area contributed by atoms with Gasteiger partial charge in [0.15, 0.2) is 5.76 Å². The van der Waals surface area contributed by atoms with Crippen LogP contribution in [-0.4, -0.2) is 47.3 Å². The number of amides is 5. The summed E-state index contributed by atoms with van der Waals surface area (Å²) in [6, 6.07) is 6.10. The van der Waals surface area contributed by atoms with Crippen LogP contribution in [0.4, 0.5) is 9.80 Å². The van der Waals surface area contributed by atoms with Gasteiger partial charge in [0.25, 0.3) is 17.7 Å². The van der Waals surface area contributed by atoms with Gasteiger partial charge in [0, 0.05) is 13.1 Å². The van der Waals surface area contributed by atoms with E-state index in [-0.39, 0.29) is 36.1 Å². The molecule has 1 aliphatic heterocycles. The summed E-state index contributed by atoms with van der Waals surface area (Å²) in [7, 11) is 0. The maximum absolute atomic E-state index is 12.6. The van der Waals surface area contributed by atoms with Gasteiger partial charge in [-0.2, -0.15) is 0 Å². The molecule has 5 amide bonds. The van der Waals surface area contributed by atoms with Gasteiger partial charge in [0.05, 0.1) is 16.1 Å². The summed E-state index contributed by atoms with van der Waals surface area (Å²) in [4.78, 5) is 50.7. The Balaban J connectivity index is 1.23. The fraction of sp³-hybridized carbons (Fsp3) is 0.400. The van der Waals surface area contributed by atoms with E-state index in [0.29, 0.717) is 35.7 Å². The van der Waals surface area contributed by atoms with Crippen LogP contribution in [0.25, 0.3) is 0 Å². The van der Waals surface area contributed by atoms with E-state index in [1.54, 1.807) is 24.3 Å². The number of rotatable bonds is 7. The highest BCUT2D eigenvalue weighted by Gasteiger charge is 2.51. The quantitative estimate of drug-likeness (QED) is 0.461. The lowest BCUT2D eigenvalue weighted by Crippen LogP contribution is -2.44. The van der Waals surface area contributed by atoms with E-state index in [0.717, 1.165) is 24.2 Å². The molecule has 158 valence electrons. The molecule has 3 N–H and O–H groups in total. The maximum Gasteiger partial charge on any atom is 0.325 e. The Morgan fingerprint density at radius 1 is 1.17 bits per heavy atom. The van der Waals surface area contributed by atoms with E-state index in [9.17, 15) is 19.2 Å². The normalized spacial score (nSPS) is 17.4. The van der Waals surface area contributed by atoms with E-state index >= 15 is 0 Å². The molecule has 1 saturated carbocycles. The van der Waals surface area contributed by atoms with Gasteiger partial charge in [0.1, 0.15) is 5.54 Å². The van der Waals surface area contributed by atoms with Crippen molar-refractivity contribution < 1.29 is 23.6 Å². The average molecular weight is 430 g/mol. The highest BCUT2D eigenvalue weighted by atomic mass is 32.1. The van der Waals surface area contributed by atoms with Gasteiger partial charge in [-0.3, -0.25) is 19.3 Å². The Labute approximate surface area is 176 Å². The summed E-state index contributed by atoms with van der Waals surface area (Å²) in [5.74, 6) is -0.619. The Hall–Kier alpha value is -3.14. The zero-order valence-electron chi connectivity index (χ0n) is 16.2. The highest BCUT2D eigenvalue weighted by Crippen LogP contribution is 2.35. The minimum atomic E-state index is -0.701. The molecule has 3 heterocycles. The zero-order valence-corrected chi connectivity index (χ0v) is 17.0. The fourth-order valence-corrected chi connectivity index (χ4v) is 4.65. The summed E-state index contributed by atoms with van der Waals surface area (Å²) in [6.45, 7) is 0.594. The summed E-state index contributed by atoms with van der Waals surface area (Å²) in [6.07, 6.45) is 5.16. The molecule has 1 aliphatic carbocycles. The average Bonchev–Trinajstić information content (AvgIpc) is 3.50. The highest BCUT2D eigenvalue weighted by molar-refractivity contribution is 7.18. The number of nitrogens with one attached hydrogen (secondary N) is 3. The van der Waals surface area contributed by atoms with Gasteiger partial charge in [-0.05, 0) is 43.5 Å². The number of carbonyl (C=O) groups is 4. The van der Waals surface area contributed by atoms with Crippen molar-refractivity contribution >= 4 is 40.1 Å².